The van der Waals surface area contributed by atoms with Gasteiger partial charge in [0.15, 0.2) is 0 Å². The minimum Gasteiger partial charge on any atom is -0.481 e. The predicted octanol–water partition coefficient (Wildman–Crippen LogP) is -1.40. The van der Waals surface area contributed by atoms with Crippen LogP contribution in [0.5, 0.6) is 0 Å². The highest BCUT2D eigenvalue weighted by Gasteiger charge is 2.14. The predicted molar refractivity (Wildman–Crippen MR) is 35.1 cm³/mol. The standard InChI is InChI=1S/C5H10N2O4/c6-3(5(10)11-7)1-2-4(8)9/h3H,1-2,6-7H2,(H,8,9). The van der Waals surface area contributed by atoms with Crippen molar-refractivity contribution in [1.82, 2.24) is 0 Å². The summed E-state index contributed by atoms with van der Waals surface area (Å²) in [6.07, 6.45) is -0.137. The molecular formula is C5H10N2O4. The highest BCUT2D eigenvalue weighted by Crippen LogP contribution is 1.95. The lowest BCUT2D eigenvalue weighted by atomic mass is 10.2. The van der Waals surface area contributed by atoms with Gasteiger partial charge in [-0.15, -0.1) is 0 Å². The molecule has 0 heterocycles. The number of carboxylic acids is 1. The van der Waals surface area contributed by atoms with E-state index in [0.29, 0.717) is 0 Å². The van der Waals surface area contributed by atoms with Crippen molar-refractivity contribution in [2.75, 3.05) is 0 Å². The first-order chi connectivity index (χ1) is 5.07. The van der Waals surface area contributed by atoms with Gasteiger partial charge in [0.2, 0.25) is 0 Å². The van der Waals surface area contributed by atoms with Crippen molar-refractivity contribution >= 4 is 11.9 Å². The molecule has 64 valence electrons. The van der Waals surface area contributed by atoms with E-state index in [1.54, 1.807) is 0 Å². The Kier molecular flexibility index (Phi) is 4.16. The molecule has 6 nitrogen and oxygen atoms in total. The summed E-state index contributed by atoms with van der Waals surface area (Å²) in [5.41, 5.74) is 5.16. The maximum atomic E-state index is 10.5. The molecule has 0 bridgehead atoms. The third kappa shape index (κ3) is 4.29. The van der Waals surface area contributed by atoms with Gasteiger partial charge in [-0.25, -0.2) is 4.79 Å². The van der Waals surface area contributed by atoms with E-state index in [-0.39, 0.29) is 12.8 Å². The van der Waals surface area contributed by atoms with E-state index in [1.807, 2.05) is 0 Å². The number of carbonyl (C=O) groups excluding carboxylic acids is 1. The molecule has 0 aliphatic heterocycles. The van der Waals surface area contributed by atoms with Crippen molar-refractivity contribution in [1.29, 1.82) is 0 Å². The Morgan fingerprint density at radius 3 is 2.45 bits per heavy atom. The van der Waals surface area contributed by atoms with Crippen LogP contribution in [0.2, 0.25) is 0 Å². The van der Waals surface area contributed by atoms with Crippen molar-refractivity contribution in [3.8, 4) is 0 Å². The van der Waals surface area contributed by atoms with Crippen molar-refractivity contribution in [3.63, 3.8) is 0 Å². The summed E-state index contributed by atoms with van der Waals surface area (Å²) in [5.74, 6) is 2.69. The summed E-state index contributed by atoms with van der Waals surface area (Å²) in [7, 11) is 0. The number of hydrogen-bond acceptors (Lipinski definition) is 5. The molecular weight excluding hydrogens is 152 g/mol. The molecule has 6 heteroatoms. The molecule has 0 amide bonds. The molecule has 1 atom stereocenters. The lowest BCUT2D eigenvalue weighted by molar-refractivity contribution is -0.146. The Bertz CT molecular complexity index is 159. The second-order valence-electron chi connectivity index (χ2n) is 1.98. The summed E-state index contributed by atoms with van der Waals surface area (Å²) in [4.78, 5) is 24.2. The van der Waals surface area contributed by atoms with Crippen LogP contribution in [0.15, 0.2) is 0 Å². The van der Waals surface area contributed by atoms with Gasteiger partial charge in [-0.05, 0) is 6.42 Å². The van der Waals surface area contributed by atoms with Crippen LogP contribution in [0.25, 0.3) is 0 Å². The Morgan fingerprint density at radius 2 is 2.09 bits per heavy atom. The number of hydrogen-bond donors (Lipinski definition) is 3. The van der Waals surface area contributed by atoms with Gasteiger partial charge in [0.05, 0.1) is 0 Å². The molecule has 0 saturated heterocycles. The Morgan fingerprint density at radius 1 is 1.55 bits per heavy atom. The number of carboxylic acid groups (broad SMARTS) is 1. The maximum absolute atomic E-state index is 10.5. The zero-order valence-corrected chi connectivity index (χ0v) is 5.82. The van der Waals surface area contributed by atoms with Gasteiger partial charge >= 0.3 is 11.9 Å². The summed E-state index contributed by atoms with van der Waals surface area (Å²) in [5, 5.41) is 8.18. The van der Waals surface area contributed by atoms with Crippen molar-refractivity contribution < 1.29 is 19.5 Å². The molecule has 0 rings (SSSR count). The van der Waals surface area contributed by atoms with Crippen LogP contribution in [0.4, 0.5) is 0 Å². The fourth-order valence-electron chi connectivity index (χ4n) is 0.484. The van der Waals surface area contributed by atoms with Crippen LogP contribution in [-0.2, 0) is 14.4 Å². The minimum absolute atomic E-state index is 0.0331. The molecule has 0 fully saturated rings. The Hall–Kier alpha value is -1.14. The Balaban J connectivity index is 3.60. The van der Waals surface area contributed by atoms with E-state index >= 15 is 0 Å². The van der Waals surface area contributed by atoms with E-state index in [0.717, 1.165) is 0 Å². The van der Waals surface area contributed by atoms with E-state index in [4.69, 9.17) is 10.8 Å². The van der Waals surface area contributed by atoms with E-state index in [1.165, 1.54) is 0 Å². The average molecular weight is 162 g/mol. The third-order valence-electron chi connectivity index (χ3n) is 1.09. The molecule has 5 N–H and O–H groups in total. The SMILES string of the molecule is NOC(=O)C(N)CCC(=O)O. The smallest absolute Gasteiger partial charge is 0.341 e. The van der Waals surface area contributed by atoms with Crippen LogP contribution in [-0.4, -0.2) is 23.1 Å². The highest BCUT2D eigenvalue weighted by molar-refractivity contribution is 5.76. The lowest BCUT2D eigenvalue weighted by Crippen LogP contribution is -2.34. The molecule has 0 aromatic rings. The molecule has 0 aromatic carbocycles. The number of carbonyl (C=O) groups is 2. The van der Waals surface area contributed by atoms with Crippen LogP contribution in [0.1, 0.15) is 12.8 Å². The number of aliphatic carboxylic acids is 1. The maximum Gasteiger partial charge on any atom is 0.341 e. The van der Waals surface area contributed by atoms with Gasteiger partial charge in [-0.3, -0.25) is 4.79 Å². The zero-order chi connectivity index (χ0) is 8.85. The second kappa shape index (κ2) is 4.64. The van der Waals surface area contributed by atoms with Gasteiger partial charge in [0, 0.05) is 6.42 Å². The van der Waals surface area contributed by atoms with Gasteiger partial charge < -0.3 is 15.7 Å². The molecule has 0 spiro atoms. The normalized spacial score (nSPS) is 12.2. The lowest BCUT2D eigenvalue weighted by Gasteiger charge is -2.04. The van der Waals surface area contributed by atoms with E-state index < -0.39 is 18.0 Å². The monoisotopic (exact) mass is 162 g/mol. The molecule has 0 aromatic heterocycles. The third-order valence-corrected chi connectivity index (χ3v) is 1.09. The highest BCUT2D eigenvalue weighted by atomic mass is 16.7. The van der Waals surface area contributed by atoms with Crippen molar-refractivity contribution in [3.05, 3.63) is 0 Å². The average Bonchev–Trinajstić information content (AvgIpc) is 1.98. The molecule has 0 aliphatic rings. The van der Waals surface area contributed by atoms with Crippen molar-refractivity contribution in [2.24, 2.45) is 11.6 Å². The summed E-state index contributed by atoms with van der Waals surface area (Å²) in [6, 6.07) is -0.948. The molecule has 0 radical (unpaired) electrons. The van der Waals surface area contributed by atoms with Crippen LogP contribution in [0, 0.1) is 0 Å². The molecule has 1 unspecified atom stereocenters. The summed E-state index contributed by atoms with van der Waals surface area (Å²) >= 11 is 0. The fourth-order valence-corrected chi connectivity index (χ4v) is 0.484. The van der Waals surface area contributed by atoms with Crippen LogP contribution < -0.4 is 11.6 Å². The van der Waals surface area contributed by atoms with E-state index in [2.05, 4.69) is 10.7 Å². The fraction of sp³-hybridized carbons (Fsp3) is 0.600. The topological polar surface area (TPSA) is 116 Å². The number of rotatable bonds is 4. The van der Waals surface area contributed by atoms with Crippen LogP contribution in [0.3, 0.4) is 0 Å². The van der Waals surface area contributed by atoms with Crippen LogP contribution >= 0.6 is 0 Å². The van der Waals surface area contributed by atoms with Gasteiger partial charge in [0.1, 0.15) is 6.04 Å². The largest absolute Gasteiger partial charge is 0.481 e. The summed E-state index contributed by atoms with van der Waals surface area (Å²) in [6.45, 7) is 0. The van der Waals surface area contributed by atoms with E-state index in [9.17, 15) is 9.59 Å². The first-order valence-corrected chi connectivity index (χ1v) is 2.96. The van der Waals surface area contributed by atoms with Gasteiger partial charge in [-0.2, -0.15) is 5.90 Å². The molecule has 0 aliphatic carbocycles. The first kappa shape index (κ1) is 9.86. The minimum atomic E-state index is -1.01. The first-order valence-electron chi connectivity index (χ1n) is 2.96. The summed E-state index contributed by atoms with van der Waals surface area (Å²) < 4.78 is 0. The number of nitrogens with two attached hydrogens (primary N) is 2. The Labute approximate surface area is 63.1 Å². The molecule has 0 saturated carbocycles. The quantitative estimate of drug-likeness (QED) is 0.437. The van der Waals surface area contributed by atoms with Gasteiger partial charge in [-0.1, -0.05) is 0 Å². The zero-order valence-electron chi connectivity index (χ0n) is 5.82. The van der Waals surface area contributed by atoms with Gasteiger partial charge in [0.25, 0.3) is 0 Å². The van der Waals surface area contributed by atoms with Crippen molar-refractivity contribution in [2.45, 2.75) is 18.9 Å². The second-order valence-corrected chi connectivity index (χ2v) is 1.98. The molecule has 11 heavy (non-hydrogen) atoms.